The number of hydrogen-bond donors (Lipinski definition) is 2. The molecule has 3 rings (SSSR count). The van der Waals surface area contributed by atoms with Gasteiger partial charge in [0.15, 0.2) is 0 Å². The predicted molar refractivity (Wildman–Crippen MR) is 117 cm³/mol. The van der Waals surface area contributed by atoms with Crippen molar-refractivity contribution >= 4 is 21.8 Å². The number of carbonyl (C=O) groups excluding carboxylic acids is 1. The Morgan fingerprint density at radius 2 is 1.94 bits per heavy atom. The highest BCUT2D eigenvalue weighted by Crippen LogP contribution is 2.41. The molecule has 1 amide bonds. The molecule has 0 aliphatic carbocycles. The van der Waals surface area contributed by atoms with Crippen molar-refractivity contribution in [3.8, 4) is 11.8 Å². The van der Waals surface area contributed by atoms with Gasteiger partial charge in [-0.15, -0.1) is 0 Å². The monoisotopic (exact) mass is 448 g/mol. The molecular formula is C21H28N4O5S. The summed E-state index contributed by atoms with van der Waals surface area (Å²) in [7, 11) is -2.46. The van der Waals surface area contributed by atoms with Crippen LogP contribution < -0.4 is 19.9 Å². The zero-order chi connectivity index (χ0) is 22.8. The van der Waals surface area contributed by atoms with Crippen LogP contribution in [0.1, 0.15) is 37.8 Å². The Hall–Kier alpha value is -2.69. The van der Waals surface area contributed by atoms with Gasteiger partial charge in [-0.2, -0.15) is 17.7 Å². The van der Waals surface area contributed by atoms with E-state index in [1.807, 2.05) is 45.0 Å². The SMILES string of the molecule is CCOc1ccc(NC(=O)C2(c3ccccc3C(C)C)CN(S(N)(=O)=O)C2)c(OC)n1. The number of carbonyl (C=O) groups is 1. The molecule has 10 heteroatoms. The molecule has 0 saturated carbocycles. The van der Waals surface area contributed by atoms with Gasteiger partial charge in [0.25, 0.3) is 10.2 Å². The van der Waals surface area contributed by atoms with Crippen molar-refractivity contribution in [3.05, 3.63) is 47.5 Å². The molecule has 1 aliphatic heterocycles. The largest absolute Gasteiger partial charge is 0.479 e. The van der Waals surface area contributed by atoms with Crippen molar-refractivity contribution in [3.63, 3.8) is 0 Å². The smallest absolute Gasteiger partial charge is 0.276 e. The molecule has 3 N–H and O–H groups in total. The van der Waals surface area contributed by atoms with Gasteiger partial charge < -0.3 is 14.8 Å². The van der Waals surface area contributed by atoms with Crippen LogP contribution in [0.3, 0.4) is 0 Å². The summed E-state index contributed by atoms with van der Waals surface area (Å²) in [6, 6.07) is 10.8. The van der Waals surface area contributed by atoms with Gasteiger partial charge in [-0.05, 0) is 30.0 Å². The third-order valence-corrected chi connectivity index (χ3v) is 6.33. The van der Waals surface area contributed by atoms with Crippen molar-refractivity contribution in [1.29, 1.82) is 0 Å². The third kappa shape index (κ3) is 4.51. The Kier molecular flexibility index (Phi) is 6.54. The highest BCUT2D eigenvalue weighted by atomic mass is 32.2. The number of pyridine rings is 1. The summed E-state index contributed by atoms with van der Waals surface area (Å²) in [5.74, 6) is 0.367. The number of nitrogens with two attached hydrogens (primary N) is 1. The standard InChI is InChI=1S/C21H28N4O5S/c1-5-30-18-11-10-17(19(24-18)29-4)23-20(26)21(12-25(13-21)31(22,27)28)16-9-7-6-8-15(16)14(2)3/h6-11,14H,5,12-13H2,1-4H3,(H,23,26)(H2,22,27,28). The molecule has 0 atom stereocenters. The number of hydrogen-bond acceptors (Lipinski definition) is 6. The molecule has 31 heavy (non-hydrogen) atoms. The van der Waals surface area contributed by atoms with E-state index in [0.717, 1.165) is 15.4 Å². The Labute approximate surface area is 182 Å². The maximum Gasteiger partial charge on any atom is 0.276 e. The van der Waals surface area contributed by atoms with Crippen LogP contribution in [0.15, 0.2) is 36.4 Å². The lowest BCUT2D eigenvalue weighted by molar-refractivity contribution is -0.125. The van der Waals surface area contributed by atoms with Gasteiger partial charge in [0.05, 0.1) is 13.7 Å². The third-order valence-electron chi connectivity index (χ3n) is 5.35. The maximum absolute atomic E-state index is 13.6. The summed E-state index contributed by atoms with van der Waals surface area (Å²) in [6.45, 7) is 6.25. The fourth-order valence-electron chi connectivity index (χ4n) is 3.75. The molecule has 0 unspecified atom stereocenters. The van der Waals surface area contributed by atoms with Crippen molar-refractivity contribution in [1.82, 2.24) is 9.29 Å². The quantitative estimate of drug-likeness (QED) is 0.637. The number of anilines is 1. The number of ether oxygens (including phenoxy) is 2. The van der Waals surface area contributed by atoms with Gasteiger partial charge in [0.1, 0.15) is 11.1 Å². The van der Waals surface area contributed by atoms with Gasteiger partial charge in [-0.1, -0.05) is 38.1 Å². The van der Waals surface area contributed by atoms with Crippen LogP contribution in [0.25, 0.3) is 0 Å². The fraction of sp³-hybridized carbons (Fsp3) is 0.429. The van der Waals surface area contributed by atoms with E-state index >= 15 is 0 Å². The van der Waals surface area contributed by atoms with Crippen molar-refractivity contribution in [2.75, 3.05) is 32.1 Å². The van der Waals surface area contributed by atoms with Crippen LogP contribution >= 0.6 is 0 Å². The average Bonchev–Trinajstić information content (AvgIpc) is 2.67. The van der Waals surface area contributed by atoms with E-state index in [1.54, 1.807) is 12.1 Å². The molecule has 1 aliphatic rings. The van der Waals surface area contributed by atoms with Gasteiger partial charge in [0.2, 0.25) is 17.7 Å². The lowest BCUT2D eigenvalue weighted by atomic mass is 9.71. The van der Waals surface area contributed by atoms with E-state index in [1.165, 1.54) is 7.11 Å². The van der Waals surface area contributed by atoms with Crippen molar-refractivity contribution in [2.45, 2.75) is 32.1 Å². The Morgan fingerprint density at radius 1 is 1.26 bits per heavy atom. The summed E-state index contributed by atoms with van der Waals surface area (Å²) in [6.07, 6.45) is 0. The zero-order valence-corrected chi connectivity index (χ0v) is 18.9. The van der Waals surface area contributed by atoms with Crippen LogP contribution in [0.5, 0.6) is 11.8 Å². The van der Waals surface area contributed by atoms with Crippen molar-refractivity contribution in [2.24, 2.45) is 5.14 Å². The Morgan fingerprint density at radius 3 is 2.52 bits per heavy atom. The highest BCUT2D eigenvalue weighted by molar-refractivity contribution is 7.86. The van der Waals surface area contributed by atoms with Gasteiger partial charge in [-0.3, -0.25) is 4.79 Å². The topological polar surface area (TPSA) is 124 Å². The summed E-state index contributed by atoms with van der Waals surface area (Å²) < 4.78 is 35.5. The van der Waals surface area contributed by atoms with Crippen molar-refractivity contribution < 1.29 is 22.7 Å². The van der Waals surface area contributed by atoms with Gasteiger partial charge in [-0.25, -0.2) is 5.14 Å². The van der Waals surface area contributed by atoms with E-state index in [4.69, 9.17) is 14.6 Å². The van der Waals surface area contributed by atoms with Crippen LogP contribution in [0, 0.1) is 0 Å². The second-order valence-corrected chi connectivity index (χ2v) is 9.28. The van der Waals surface area contributed by atoms with E-state index in [0.29, 0.717) is 18.2 Å². The first-order valence-electron chi connectivity index (χ1n) is 9.99. The number of benzene rings is 1. The van der Waals surface area contributed by atoms with E-state index in [9.17, 15) is 13.2 Å². The summed E-state index contributed by atoms with van der Waals surface area (Å²) in [5.41, 5.74) is 1.03. The summed E-state index contributed by atoms with van der Waals surface area (Å²) >= 11 is 0. The first kappa shape index (κ1) is 23.0. The molecule has 0 bridgehead atoms. The molecule has 1 saturated heterocycles. The van der Waals surface area contributed by atoms with Crippen LogP contribution in [0.4, 0.5) is 5.69 Å². The number of nitrogens with zero attached hydrogens (tertiary/aromatic N) is 2. The van der Waals surface area contributed by atoms with Crippen LogP contribution in [-0.2, 0) is 20.4 Å². The molecular weight excluding hydrogens is 420 g/mol. The minimum Gasteiger partial charge on any atom is -0.479 e. The molecule has 1 aromatic carbocycles. The average molecular weight is 449 g/mol. The zero-order valence-electron chi connectivity index (χ0n) is 18.1. The molecule has 1 aromatic heterocycles. The molecule has 2 aromatic rings. The number of rotatable bonds is 8. The second-order valence-electron chi connectivity index (χ2n) is 7.73. The molecule has 0 spiro atoms. The van der Waals surface area contributed by atoms with E-state index in [2.05, 4.69) is 10.3 Å². The Balaban J connectivity index is 2.00. The first-order chi connectivity index (χ1) is 14.6. The lowest BCUT2D eigenvalue weighted by Gasteiger charge is -2.48. The minimum absolute atomic E-state index is 0.0474. The summed E-state index contributed by atoms with van der Waals surface area (Å²) in [5, 5.41) is 8.17. The normalized spacial score (nSPS) is 15.9. The maximum atomic E-state index is 13.6. The Bertz CT molecular complexity index is 1070. The molecule has 168 valence electrons. The second kappa shape index (κ2) is 8.81. The molecule has 0 radical (unpaired) electrons. The van der Waals surface area contributed by atoms with Crippen LogP contribution in [-0.4, -0.2) is 50.4 Å². The predicted octanol–water partition coefficient (Wildman–Crippen LogP) is 2.01. The number of methoxy groups -OCH3 is 1. The number of nitrogens with one attached hydrogen (secondary N) is 1. The fourth-order valence-corrected chi connectivity index (χ4v) is 4.55. The van der Waals surface area contributed by atoms with E-state index < -0.39 is 15.6 Å². The lowest BCUT2D eigenvalue weighted by Crippen LogP contribution is -2.67. The number of aromatic nitrogens is 1. The van der Waals surface area contributed by atoms with Gasteiger partial charge in [0, 0.05) is 19.2 Å². The molecule has 1 fully saturated rings. The van der Waals surface area contributed by atoms with Gasteiger partial charge >= 0.3 is 0 Å². The molecule has 2 heterocycles. The highest BCUT2D eigenvalue weighted by Gasteiger charge is 2.54. The first-order valence-corrected chi connectivity index (χ1v) is 11.5. The molecule has 9 nitrogen and oxygen atoms in total. The van der Waals surface area contributed by atoms with Crippen LogP contribution in [0.2, 0.25) is 0 Å². The minimum atomic E-state index is -3.91. The summed E-state index contributed by atoms with van der Waals surface area (Å²) in [4.78, 5) is 17.8. The number of amides is 1. The van der Waals surface area contributed by atoms with E-state index in [-0.39, 0.29) is 30.8 Å².